The largest absolute Gasteiger partial charge is 0.461 e. The van der Waals surface area contributed by atoms with E-state index in [4.69, 9.17) is 14.2 Å². The Balaban J connectivity index is 1.79. The molecule has 5 heteroatoms. The van der Waals surface area contributed by atoms with E-state index < -0.39 is 0 Å². The number of rotatable bonds is 1. The molecule has 1 saturated carbocycles. The molecule has 22 heavy (non-hydrogen) atoms. The maximum atomic E-state index is 12.1. The van der Waals surface area contributed by atoms with Crippen molar-refractivity contribution in [2.75, 3.05) is 0 Å². The summed E-state index contributed by atoms with van der Waals surface area (Å²) in [6.07, 6.45) is 1.01. The number of fused-ring (bicyclic) bond motifs is 5. The van der Waals surface area contributed by atoms with Gasteiger partial charge in [-0.25, -0.2) is 4.79 Å². The fourth-order valence-corrected chi connectivity index (χ4v) is 4.63. The SMILES string of the molecule is C=C1C(=O)O[C@H]2[C@H]1[C@@H](OC(C)=O)CC(C)=C1C[C@H]3O[C@@]3(C)[C@@H]12. The van der Waals surface area contributed by atoms with Crippen LogP contribution in [0.5, 0.6) is 0 Å². The van der Waals surface area contributed by atoms with Crippen molar-refractivity contribution in [3.05, 3.63) is 23.3 Å². The zero-order valence-electron chi connectivity index (χ0n) is 13.0. The van der Waals surface area contributed by atoms with Crippen LogP contribution >= 0.6 is 0 Å². The average Bonchev–Trinajstić information content (AvgIpc) is 2.88. The molecule has 0 aromatic heterocycles. The van der Waals surface area contributed by atoms with Crippen molar-refractivity contribution in [3.63, 3.8) is 0 Å². The number of ether oxygens (including phenoxy) is 3. The van der Waals surface area contributed by atoms with E-state index in [0.717, 1.165) is 6.42 Å². The second-order valence-corrected chi connectivity index (χ2v) is 7.05. The molecule has 0 bridgehead atoms. The van der Waals surface area contributed by atoms with E-state index in [9.17, 15) is 9.59 Å². The first-order valence-corrected chi connectivity index (χ1v) is 7.76. The van der Waals surface area contributed by atoms with Gasteiger partial charge in [-0.2, -0.15) is 0 Å². The lowest BCUT2D eigenvalue weighted by molar-refractivity contribution is -0.150. The van der Waals surface area contributed by atoms with Gasteiger partial charge in [0, 0.05) is 24.8 Å². The maximum Gasteiger partial charge on any atom is 0.334 e. The van der Waals surface area contributed by atoms with Crippen molar-refractivity contribution in [1.29, 1.82) is 0 Å². The Morgan fingerprint density at radius 3 is 2.82 bits per heavy atom. The predicted molar refractivity (Wildman–Crippen MR) is 76.8 cm³/mol. The highest BCUT2D eigenvalue weighted by Gasteiger charge is 2.70. The van der Waals surface area contributed by atoms with Gasteiger partial charge in [0.15, 0.2) is 0 Å². The number of esters is 2. The Morgan fingerprint density at radius 2 is 2.14 bits per heavy atom. The van der Waals surface area contributed by atoms with Gasteiger partial charge in [0.25, 0.3) is 0 Å². The molecular weight excluding hydrogens is 284 g/mol. The Bertz CT molecular complexity index is 633. The molecule has 0 radical (unpaired) electrons. The number of carbonyl (C=O) groups excluding carboxylic acids is 2. The van der Waals surface area contributed by atoms with Crippen LogP contribution in [0.2, 0.25) is 0 Å². The van der Waals surface area contributed by atoms with Gasteiger partial charge in [-0.1, -0.05) is 17.7 Å². The van der Waals surface area contributed by atoms with Crippen molar-refractivity contribution >= 4 is 11.9 Å². The molecule has 0 aromatic carbocycles. The lowest BCUT2D eigenvalue weighted by Crippen LogP contribution is -2.39. The molecule has 118 valence electrons. The second-order valence-electron chi connectivity index (χ2n) is 7.05. The van der Waals surface area contributed by atoms with E-state index in [2.05, 4.69) is 20.4 Å². The van der Waals surface area contributed by atoms with Crippen LogP contribution in [0.3, 0.4) is 0 Å². The molecule has 0 N–H and O–H groups in total. The summed E-state index contributed by atoms with van der Waals surface area (Å²) in [6, 6.07) is 0. The predicted octanol–water partition coefficient (Wildman–Crippen LogP) is 1.91. The Labute approximate surface area is 129 Å². The number of carbonyl (C=O) groups is 2. The van der Waals surface area contributed by atoms with Crippen molar-refractivity contribution in [2.24, 2.45) is 11.8 Å². The molecular formula is C17H20O5. The Kier molecular flexibility index (Phi) is 2.69. The molecule has 0 aromatic rings. The molecule has 2 heterocycles. The molecule has 4 aliphatic rings. The molecule has 0 unspecified atom stereocenters. The standard InChI is InChI=1S/C17H20O5/c1-7-5-11(20-9(3)18)13-8(2)16(19)21-15(13)14-10(7)6-12-17(14,4)22-12/h11-15H,2,5-6H2,1,3-4H3/t11-,12+,13+,14-,15-,17+/m0/s1. The van der Waals surface area contributed by atoms with Crippen LogP contribution in [-0.2, 0) is 23.8 Å². The zero-order valence-corrected chi connectivity index (χ0v) is 13.0. The van der Waals surface area contributed by atoms with Gasteiger partial charge in [0.05, 0.1) is 12.0 Å². The Morgan fingerprint density at radius 1 is 1.41 bits per heavy atom. The zero-order chi connectivity index (χ0) is 15.8. The van der Waals surface area contributed by atoms with Crippen molar-refractivity contribution in [1.82, 2.24) is 0 Å². The minimum atomic E-state index is -0.389. The van der Waals surface area contributed by atoms with Crippen LogP contribution in [0.1, 0.15) is 33.6 Å². The van der Waals surface area contributed by atoms with E-state index >= 15 is 0 Å². The normalized spacial score (nSPS) is 45.7. The molecule has 2 aliphatic heterocycles. The van der Waals surface area contributed by atoms with Crippen molar-refractivity contribution in [3.8, 4) is 0 Å². The average molecular weight is 304 g/mol. The van der Waals surface area contributed by atoms with Crippen molar-refractivity contribution in [2.45, 2.75) is 57.5 Å². The lowest BCUT2D eigenvalue weighted by Gasteiger charge is -2.29. The van der Waals surface area contributed by atoms with Crippen LogP contribution in [0.4, 0.5) is 0 Å². The second kappa shape index (κ2) is 4.22. The highest BCUT2D eigenvalue weighted by Crippen LogP contribution is 2.62. The lowest BCUT2D eigenvalue weighted by atomic mass is 9.80. The van der Waals surface area contributed by atoms with Crippen molar-refractivity contribution < 1.29 is 23.8 Å². The summed E-state index contributed by atoms with van der Waals surface area (Å²) >= 11 is 0. The third kappa shape index (κ3) is 1.69. The van der Waals surface area contributed by atoms with E-state index in [0.29, 0.717) is 12.0 Å². The molecule has 2 aliphatic carbocycles. The third-order valence-electron chi connectivity index (χ3n) is 5.74. The highest BCUT2D eigenvalue weighted by atomic mass is 16.6. The fourth-order valence-electron chi connectivity index (χ4n) is 4.63. The van der Waals surface area contributed by atoms with Gasteiger partial charge in [0.1, 0.15) is 17.8 Å². The molecule has 4 rings (SSSR count). The van der Waals surface area contributed by atoms with E-state index in [1.54, 1.807) is 0 Å². The van der Waals surface area contributed by atoms with E-state index in [-0.39, 0.29) is 47.7 Å². The Hall–Kier alpha value is -1.62. The van der Waals surface area contributed by atoms with Crippen LogP contribution in [0.15, 0.2) is 23.3 Å². The minimum absolute atomic E-state index is 0.0475. The molecule has 3 fully saturated rings. The first-order chi connectivity index (χ1) is 10.3. The maximum absolute atomic E-state index is 12.1. The summed E-state index contributed by atoms with van der Waals surface area (Å²) in [5.41, 5.74) is 2.70. The first kappa shape index (κ1) is 14.0. The summed E-state index contributed by atoms with van der Waals surface area (Å²) in [7, 11) is 0. The first-order valence-electron chi connectivity index (χ1n) is 7.76. The fraction of sp³-hybridized carbons (Fsp3) is 0.647. The monoisotopic (exact) mass is 304 g/mol. The van der Waals surface area contributed by atoms with Crippen LogP contribution in [-0.4, -0.2) is 35.9 Å². The number of hydrogen-bond donors (Lipinski definition) is 0. The molecule has 0 spiro atoms. The summed E-state index contributed by atoms with van der Waals surface area (Å²) in [5.74, 6) is -0.953. The van der Waals surface area contributed by atoms with Crippen LogP contribution < -0.4 is 0 Å². The van der Waals surface area contributed by atoms with Crippen LogP contribution in [0.25, 0.3) is 0 Å². The van der Waals surface area contributed by atoms with Gasteiger partial charge in [-0.3, -0.25) is 4.79 Å². The van der Waals surface area contributed by atoms with Gasteiger partial charge < -0.3 is 14.2 Å². The summed E-state index contributed by atoms with van der Waals surface area (Å²) < 4.78 is 17.0. The summed E-state index contributed by atoms with van der Waals surface area (Å²) in [6.45, 7) is 9.45. The summed E-state index contributed by atoms with van der Waals surface area (Å²) in [5, 5.41) is 0. The molecule has 5 nitrogen and oxygen atoms in total. The van der Waals surface area contributed by atoms with Gasteiger partial charge in [0.2, 0.25) is 0 Å². The smallest absolute Gasteiger partial charge is 0.334 e. The third-order valence-corrected chi connectivity index (χ3v) is 5.74. The summed E-state index contributed by atoms with van der Waals surface area (Å²) in [4.78, 5) is 23.5. The quantitative estimate of drug-likeness (QED) is 0.320. The van der Waals surface area contributed by atoms with Gasteiger partial charge >= 0.3 is 11.9 Å². The molecule has 6 atom stereocenters. The molecule has 2 saturated heterocycles. The van der Waals surface area contributed by atoms with E-state index in [1.807, 2.05) is 0 Å². The number of hydrogen-bond acceptors (Lipinski definition) is 5. The van der Waals surface area contributed by atoms with Crippen LogP contribution in [0, 0.1) is 11.8 Å². The van der Waals surface area contributed by atoms with Gasteiger partial charge in [-0.05, 0) is 20.3 Å². The van der Waals surface area contributed by atoms with Gasteiger partial charge in [-0.15, -0.1) is 0 Å². The van der Waals surface area contributed by atoms with E-state index in [1.165, 1.54) is 18.1 Å². The molecule has 0 amide bonds. The minimum Gasteiger partial charge on any atom is -0.461 e. The number of epoxide rings is 1. The topological polar surface area (TPSA) is 65.1 Å². The highest BCUT2D eigenvalue weighted by molar-refractivity contribution is 5.91.